The summed E-state index contributed by atoms with van der Waals surface area (Å²) in [6.07, 6.45) is 104. The van der Waals surface area contributed by atoms with Crippen molar-refractivity contribution in [2.45, 2.75) is 463 Å². The Morgan fingerprint density at radius 2 is 0.596 bits per heavy atom. The van der Waals surface area contributed by atoms with Crippen LogP contribution in [0.3, 0.4) is 0 Å². The van der Waals surface area contributed by atoms with E-state index in [0.717, 1.165) is 38.5 Å². The summed E-state index contributed by atoms with van der Waals surface area (Å²) in [5.74, 6) is -0.197. The first-order valence-electron chi connectivity index (χ1n) is 42.4. The fourth-order valence-corrected chi connectivity index (χ4v) is 14.0. The SMILES string of the molecule is CCCCCCCCCC/C=C\CCCCCCCCCCCCCCCCCCCCCCCCCCCCCCCC(=O)NC(COP(=O)([O-])OCC[N+](C)(C)C)C(O)/C=C/CC/C=C/CCCCCCCCCCCCCCCCCCCCCCCCCCC. The highest BCUT2D eigenvalue weighted by atomic mass is 31.2. The number of aliphatic hydroxyl groups excluding tert-OH is 1. The van der Waals surface area contributed by atoms with Crippen LogP contribution < -0.4 is 10.2 Å². The standard InChI is InChI=1S/C85H167N2O6P/c1-6-8-10-12-14-16-18-20-22-24-26-28-30-32-34-36-38-39-40-41-42-43-44-45-46-47-49-51-53-55-57-59-61-63-65-67-69-71-73-75-77-79-85(89)86-83(82-93-94(90,91)92-81-80-87(3,4)5)84(88)78-76-74-72-70-68-66-64-62-60-58-56-54-52-50-48-37-35-33-31-29-27-25-23-21-19-17-15-13-11-9-7-2/h24,26,68,70,76,78,83-84,88H,6-23,25,27-67,69,71-75,77,79-82H2,1-5H3,(H-,86,89,90,91)/b26-24-,70-68+,78-76+. The van der Waals surface area contributed by atoms with E-state index in [-0.39, 0.29) is 19.1 Å². The normalized spacial score (nSPS) is 13.6. The number of aliphatic hydroxyl groups is 1. The van der Waals surface area contributed by atoms with Crippen LogP contribution in [-0.4, -0.2) is 68.5 Å². The van der Waals surface area contributed by atoms with Crippen molar-refractivity contribution in [2.75, 3.05) is 40.9 Å². The van der Waals surface area contributed by atoms with Crippen LogP contribution in [0.15, 0.2) is 36.5 Å². The van der Waals surface area contributed by atoms with Gasteiger partial charge in [-0.3, -0.25) is 9.36 Å². The highest BCUT2D eigenvalue weighted by molar-refractivity contribution is 7.45. The zero-order valence-corrected chi connectivity index (χ0v) is 65.1. The number of allylic oxidation sites excluding steroid dienone is 5. The molecule has 0 rings (SSSR count). The minimum Gasteiger partial charge on any atom is -0.756 e. The van der Waals surface area contributed by atoms with Gasteiger partial charge < -0.3 is 28.8 Å². The van der Waals surface area contributed by atoms with Gasteiger partial charge in [0, 0.05) is 6.42 Å². The number of quaternary nitrogens is 1. The largest absolute Gasteiger partial charge is 0.756 e. The van der Waals surface area contributed by atoms with E-state index in [2.05, 4.69) is 43.5 Å². The summed E-state index contributed by atoms with van der Waals surface area (Å²) in [6.45, 7) is 4.70. The predicted molar refractivity (Wildman–Crippen MR) is 413 cm³/mol. The maximum absolute atomic E-state index is 13.1. The van der Waals surface area contributed by atoms with Crippen molar-refractivity contribution in [3.8, 4) is 0 Å². The number of carbonyl (C=O) groups excluding carboxylic acids is 1. The summed E-state index contributed by atoms with van der Waals surface area (Å²) < 4.78 is 23.5. The quantitative estimate of drug-likeness (QED) is 0.0272. The summed E-state index contributed by atoms with van der Waals surface area (Å²) in [5.41, 5.74) is 0. The van der Waals surface area contributed by atoms with Crippen molar-refractivity contribution < 1.29 is 32.9 Å². The maximum Gasteiger partial charge on any atom is 0.268 e. The van der Waals surface area contributed by atoms with Crippen LogP contribution in [0.2, 0.25) is 0 Å². The summed E-state index contributed by atoms with van der Waals surface area (Å²) in [7, 11) is 1.27. The Labute approximate surface area is 588 Å². The monoisotopic (exact) mass is 1340 g/mol. The molecule has 0 heterocycles. The minimum atomic E-state index is -4.62. The summed E-state index contributed by atoms with van der Waals surface area (Å²) >= 11 is 0. The molecular formula is C85H167N2O6P. The van der Waals surface area contributed by atoms with Crippen LogP contribution in [0, 0.1) is 0 Å². The van der Waals surface area contributed by atoms with Crippen molar-refractivity contribution >= 4 is 13.7 Å². The first kappa shape index (κ1) is 92.7. The highest BCUT2D eigenvalue weighted by Crippen LogP contribution is 2.38. The molecule has 0 spiro atoms. The Balaban J connectivity index is 3.91. The summed E-state index contributed by atoms with van der Waals surface area (Å²) in [5, 5.41) is 14.0. The number of hydrogen-bond donors (Lipinski definition) is 2. The van der Waals surface area contributed by atoms with Gasteiger partial charge in [-0.15, -0.1) is 0 Å². The number of amides is 1. The third kappa shape index (κ3) is 78.1. The predicted octanol–water partition coefficient (Wildman–Crippen LogP) is 27.3. The molecule has 0 aliphatic heterocycles. The lowest BCUT2D eigenvalue weighted by atomic mass is 10.0. The molecular weight excluding hydrogens is 1180 g/mol. The molecule has 0 fully saturated rings. The van der Waals surface area contributed by atoms with Crippen LogP contribution >= 0.6 is 7.82 Å². The molecule has 0 aromatic rings. The first-order chi connectivity index (χ1) is 46.0. The van der Waals surface area contributed by atoms with Crippen LogP contribution in [0.5, 0.6) is 0 Å². The number of phosphoric acid groups is 1. The average Bonchev–Trinajstić information content (AvgIpc) is 1.77. The van der Waals surface area contributed by atoms with E-state index < -0.39 is 20.0 Å². The van der Waals surface area contributed by atoms with Gasteiger partial charge in [0.2, 0.25) is 5.91 Å². The van der Waals surface area contributed by atoms with Crippen LogP contribution in [0.4, 0.5) is 0 Å². The lowest BCUT2D eigenvalue weighted by molar-refractivity contribution is -0.870. The molecule has 2 N–H and O–H groups in total. The molecule has 0 bridgehead atoms. The maximum atomic E-state index is 13.1. The molecule has 9 heteroatoms. The Morgan fingerprint density at radius 1 is 0.362 bits per heavy atom. The average molecular weight is 1340 g/mol. The molecule has 94 heavy (non-hydrogen) atoms. The van der Waals surface area contributed by atoms with Gasteiger partial charge in [0.25, 0.3) is 7.82 Å². The Morgan fingerprint density at radius 3 is 0.862 bits per heavy atom. The number of carbonyl (C=O) groups is 1. The third-order valence-electron chi connectivity index (χ3n) is 19.8. The van der Waals surface area contributed by atoms with Crippen molar-refractivity contribution in [3.63, 3.8) is 0 Å². The lowest BCUT2D eigenvalue weighted by Crippen LogP contribution is -2.45. The van der Waals surface area contributed by atoms with Crippen molar-refractivity contribution in [1.29, 1.82) is 0 Å². The molecule has 0 radical (unpaired) electrons. The Bertz CT molecular complexity index is 1630. The topological polar surface area (TPSA) is 108 Å². The van der Waals surface area contributed by atoms with E-state index >= 15 is 0 Å². The van der Waals surface area contributed by atoms with Gasteiger partial charge in [-0.1, -0.05) is 423 Å². The fourth-order valence-electron chi connectivity index (χ4n) is 13.3. The molecule has 0 aromatic heterocycles. The van der Waals surface area contributed by atoms with Crippen LogP contribution in [-0.2, 0) is 18.4 Å². The minimum absolute atomic E-state index is 0.00382. The number of likely N-dealkylation sites (N-methyl/N-ethyl adjacent to an activating group) is 1. The molecule has 558 valence electrons. The zero-order chi connectivity index (χ0) is 68.3. The molecule has 1 amide bonds. The van der Waals surface area contributed by atoms with E-state index in [1.807, 2.05) is 27.2 Å². The number of nitrogens with zero attached hydrogens (tertiary/aromatic N) is 1. The smallest absolute Gasteiger partial charge is 0.268 e. The fraction of sp³-hybridized carbons (Fsp3) is 0.918. The Hall–Kier alpha value is -1.28. The molecule has 0 aromatic carbocycles. The summed E-state index contributed by atoms with van der Waals surface area (Å²) in [6, 6.07) is -0.904. The lowest BCUT2D eigenvalue weighted by Gasteiger charge is -2.29. The molecule has 0 aliphatic rings. The molecule has 3 atom stereocenters. The van der Waals surface area contributed by atoms with Crippen molar-refractivity contribution in [3.05, 3.63) is 36.5 Å². The number of phosphoric ester groups is 1. The van der Waals surface area contributed by atoms with Gasteiger partial charge >= 0.3 is 0 Å². The zero-order valence-electron chi connectivity index (χ0n) is 64.2. The van der Waals surface area contributed by atoms with Crippen molar-refractivity contribution in [1.82, 2.24) is 5.32 Å². The van der Waals surface area contributed by atoms with Crippen molar-refractivity contribution in [2.24, 2.45) is 0 Å². The molecule has 0 saturated heterocycles. The molecule has 0 aliphatic carbocycles. The number of nitrogens with one attached hydrogen (secondary N) is 1. The second-order valence-corrected chi connectivity index (χ2v) is 31.9. The number of hydrogen-bond acceptors (Lipinski definition) is 6. The van der Waals surface area contributed by atoms with E-state index in [0.29, 0.717) is 17.4 Å². The molecule has 3 unspecified atom stereocenters. The number of unbranched alkanes of at least 4 members (excludes halogenated alkanes) is 63. The van der Waals surface area contributed by atoms with Gasteiger partial charge in [-0.05, 0) is 57.8 Å². The van der Waals surface area contributed by atoms with E-state index in [1.54, 1.807) is 6.08 Å². The second-order valence-electron chi connectivity index (χ2n) is 30.5. The molecule has 0 saturated carbocycles. The highest BCUT2D eigenvalue weighted by Gasteiger charge is 2.23. The first-order valence-corrected chi connectivity index (χ1v) is 43.8. The van der Waals surface area contributed by atoms with E-state index in [4.69, 9.17) is 9.05 Å². The van der Waals surface area contributed by atoms with Crippen LogP contribution in [0.1, 0.15) is 450 Å². The third-order valence-corrected chi connectivity index (χ3v) is 20.8. The number of rotatable bonds is 80. The summed E-state index contributed by atoms with van der Waals surface area (Å²) in [4.78, 5) is 25.7. The Kier molecular flexibility index (Phi) is 74.9. The van der Waals surface area contributed by atoms with Gasteiger partial charge in [-0.25, -0.2) is 0 Å². The van der Waals surface area contributed by atoms with Gasteiger partial charge in [0.15, 0.2) is 0 Å². The van der Waals surface area contributed by atoms with E-state index in [9.17, 15) is 19.4 Å². The van der Waals surface area contributed by atoms with Gasteiger partial charge in [-0.2, -0.15) is 0 Å². The molecule has 8 nitrogen and oxygen atoms in total. The van der Waals surface area contributed by atoms with Crippen LogP contribution in [0.25, 0.3) is 0 Å². The van der Waals surface area contributed by atoms with Gasteiger partial charge in [0.05, 0.1) is 39.9 Å². The van der Waals surface area contributed by atoms with Gasteiger partial charge in [0.1, 0.15) is 13.2 Å². The van der Waals surface area contributed by atoms with E-state index in [1.165, 1.54) is 392 Å². The second kappa shape index (κ2) is 75.9.